The van der Waals surface area contributed by atoms with Gasteiger partial charge < -0.3 is 5.32 Å². The zero-order valence-corrected chi connectivity index (χ0v) is 14.3. The summed E-state index contributed by atoms with van der Waals surface area (Å²) in [5.41, 5.74) is 4.25. The Morgan fingerprint density at radius 1 is 1.00 bits per heavy atom. The van der Waals surface area contributed by atoms with Crippen molar-refractivity contribution >= 4 is 17.7 Å². The summed E-state index contributed by atoms with van der Waals surface area (Å²) < 4.78 is 0. The summed E-state index contributed by atoms with van der Waals surface area (Å²) in [7, 11) is 0. The van der Waals surface area contributed by atoms with E-state index in [1.165, 1.54) is 11.1 Å². The Bertz CT molecular complexity index is 873. The van der Waals surface area contributed by atoms with Gasteiger partial charge in [0.2, 0.25) is 11.8 Å². The summed E-state index contributed by atoms with van der Waals surface area (Å²) >= 11 is 0. The Hall–Kier alpha value is -2.95. The molecule has 1 aliphatic heterocycles. The predicted octanol–water partition coefficient (Wildman–Crippen LogP) is 1.96. The van der Waals surface area contributed by atoms with E-state index in [2.05, 4.69) is 22.8 Å². The van der Waals surface area contributed by atoms with Crippen molar-refractivity contribution in [3.8, 4) is 0 Å². The molecule has 4 rings (SSSR count). The van der Waals surface area contributed by atoms with Crippen LogP contribution in [0.2, 0.25) is 0 Å². The van der Waals surface area contributed by atoms with E-state index in [0.29, 0.717) is 24.4 Å². The molecule has 2 unspecified atom stereocenters. The van der Waals surface area contributed by atoms with Gasteiger partial charge in [0.15, 0.2) is 0 Å². The van der Waals surface area contributed by atoms with Gasteiger partial charge in [0.05, 0.1) is 5.92 Å². The maximum absolute atomic E-state index is 12.3. The summed E-state index contributed by atoms with van der Waals surface area (Å²) in [6.45, 7) is 0.641. The number of carbonyl (C=O) groups is 3. The van der Waals surface area contributed by atoms with Gasteiger partial charge in [-0.15, -0.1) is 0 Å². The van der Waals surface area contributed by atoms with Gasteiger partial charge in [-0.2, -0.15) is 0 Å². The normalized spacial score (nSPS) is 20.9. The van der Waals surface area contributed by atoms with E-state index in [1.807, 2.05) is 24.3 Å². The Kier molecular flexibility index (Phi) is 4.29. The molecular formula is C21H20N2O3. The van der Waals surface area contributed by atoms with Gasteiger partial charge in [0.25, 0.3) is 5.91 Å². The molecule has 3 amide bonds. The van der Waals surface area contributed by atoms with Gasteiger partial charge in [-0.05, 0) is 41.7 Å². The maximum Gasteiger partial charge on any atom is 0.251 e. The lowest BCUT2D eigenvalue weighted by Crippen LogP contribution is -2.33. The first kappa shape index (κ1) is 16.5. The van der Waals surface area contributed by atoms with Gasteiger partial charge in [0.1, 0.15) is 0 Å². The van der Waals surface area contributed by atoms with Crippen LogP contribution in [0.5, 0.6) is 0 Å². The van der Waals surface area contributed by atoms with Gasteiger partial charge >= 0.3 is 0 Å². The molecule has 1 saturated heterocycles. The Balaban J connectivity index is 1.31. The second kappa shape index (κ2) is 6.75. The SMILES string of the molecule is O=C1CC(Cc2ccc(C(=O)NCC3Cc4ccccc43)cc2)C(=O)N1. The molecule has 26 heavy (non-hydrogen) atoms. The highest BCUT2D eigenvalue weighted by Gasteiger charge is 2.30. The fraction of sp³-hybridized carbons (Fsp3) is 0.286. The molecule has 0 aromatic heterocycles. The first-order valence-corrected chi connectivity index (χ1v) is 8.89. The number of carbonyl (C=O) groups excluding carboxylic acids is 3. The second-order valence-electron chi connectivity index (χ2n) is 7.02. The molecular weight excluding hydrogens is 328 g/mol. The topological polar surface area (TPSA) is 75.3 Å². The molecule has 0 saturated carbocycles. The molecule has 2 N–H and O–H groups in total. The minimum atomic E-state index is -0.305. The van der Waals surface area contributed by atoms with Crippen LogP contribution in [0.25, 0.3) is 0 Å². The van der Waals surface area contributed by atoms with Crippen LogP contribution in [-0.4, -0.2) is 24.3 Å². The molecule has 0 spiro atoms. The van der Waals surface area contributed by atoms with Crippen molar-refractivity contribution in [1.29, 1.82) is 0 Å². The molecule has 0 bridgehead atoms. The van der Waals surface area contributed by atoms with E-state index in [0.717, 1.165) is 12.0 Å². The Morgan fingerprint density at radius 2 is 1.77 bits per heavy atom. The summed E-state index contributed by atoms with van der Waals surface area (Å²) in [5, 5.41) is 5.32. The average molecular weight is 348 g/mol. The van der Waals surface area contributed by atoms with Crippen molar-refractivity contribution in [2.45, 2.75) is 25.2 Å². The molecule has 1 fully saturated rings. The third-order valence-electron chi connectivity index (χ3n) is 5.23. The minimum Gasteiger partial charge on any atom is -0.351 e. The van der Waals surface area contributed by atoms with E-state index in [-0.39, 0.29) is 30.1 Å². The van der Waals surface area contributed by atoms with E-state index in [1.54, 1.807) is 12.1 Å². The first-order valence-electron chi connectivity index (χ1n) is 8.89. The fourth-order valence-corrected chi connectivity index (χ4v) is 3.71. The summed E-state index contributed by atoms with van der Waals surface area (Å²) in [6.07, 6.45) is 1.76. The fourth-order valence-electron chi connectivity index (χ4n) is 3.71. The molecule has 1 aliphatic carbocycles. The van der Waals surface area contributed by atoms with Crippen molar-refractivity contribution in [3.63, 3.8) is 0 Å². The highest BCUT2D eigenvalue weighted by atomic mass is 16.2. The van der Waals surface area contributed by atoms with Crippen molar-refractivity contribution in [2.75, 3.05) is 6.54 Å². The van der Waals surface area contributed by atoms with Crippen molar-refractivity contribution in [3.05, 3.63) is 70.8 Å². The molecule has 1 heterocycles. The molecule has 2 aromatic carbocycles. The summed E-state index contributed by atoms with van der Waals surface area (Å²) in [5.74, 6) is -0.422. The molecule has 2 aromatic rings. The lowest BCUT2D eigenvalue weighted by molar-refractivity contribution is -0.125. The number of imide groups is 1. The number of nitrogens with one attached hydrogen (secondary N) is 2. The van der Waals surface area contributed by atoms with Crippen molar-refractivity contribution < 1.29 is 14.4 Å². The molecule has 2 aliphatic rings. The smallest absolute Gasteiger partial charge is 0.251 e. The van der Waals surface area contributed by atoms with Crippen LogP contribution in [0.1, 0.15) is 39.4 Å². The highest BCUT2D eigenvalue weighted by Crippen LogP contribution is 2.34. The van der Waals surface area contributed by atoms with Crippen LogP contribution in [0, 0.1) is 5.92 Å². The Labute approximate surface area is 151 Å². The van der Waals surface area contributed by atoms with E-state index < -0.39 is 0 Å². The maximum atomic E-state index is 12.3. The van der Waals surface area contributed by atoms with Gasteiger partial charge in [-0.25, -0.2) is 0 Å². The number of benzene rings is 2. The van der Waals surface area contributed by atoms with E-state index in [9.17, 15) is 14.4 Å². The number of rotatable bonds is 5. The third-order valence-corrected chi connectivity index (χ3v) is 5.23. The largest absolute Gasteiger partial charge is 0.351 e. The van der Waals surface area contributed by atoms with Gasteiger partial charge in [-0.3, -0.25) is 19.7 Å². The lowest BCUT2D eigenvalue weighted by atomic mass is 9.77. The zero-order chi connectivity index (χ0) is 18.1. The molecule has 132 valence electrons. The second-order valence-corrected chi connectivity index (χ2v) is 7.02. The van der Waals surface area contributed by atoms with E-state index in [4.69, 9.17) is 0 Å². The van der Waals surface area contributed by atoms with Gasteiger partial charge in [0, 0.05) is 24.4 Å². The summed E-state index contributed by atoms with van der Waals surface area (Å²) in [6, 6.07) is 15.6. The van der Waals surface area contributed by atoms with Crippen LogP contribution >= 0.6 is 0 Å². The lowest BCUT2D eigenvalue weighted by Gasteiger charge is -2.30. The quantitative estimate of drug-likeness (QED) is 0.811. The van der Waals surface area contributed by atoms with Crippen LogP contribution in [0.15, 0.2) is 48.5 Å². The highest BCUT2D eigenvalue weighted by molar-refractivity contribution is 6.03. The molecule has 5 heteroatoms. The molecule has 5 nitrogen and oxygen atoms in total. The van der Waals surface area contributed by atoms with Crippen molar-refractivity contribution in [1.82, 2.24) is 10.6 Å². The molecule has 2 atom stereocenters. The number of hydrogen-bond donors (Lipinski definition) is 2. The monoisotopic (exact) mass is 348 g/mol. The number of hydrogen-bond acceptors (Lipinski definition) is 3. The average Bonchev–Trinajstić information content (AvgIpc) is 2.93. The summed E-state index contributed by atoms with van der Waals surface area (Å²) in [4.78, 5) is 35.2. The number of fused-ring (bicyclic) bond motifs is 1. The minimum absolute atomic E-state index is 0.0882. The van der Waals surface area contributed by atoms with Gasteiger partial charge in [-0.1, -0.05) is 36.4 Å². The standard InChI is InChI=1S/C21H20N2O3/c24-19-11-16(21(26)23-19)9-13-5-7-14(8-6-13)20(25)22-12-17-10-15-3-1-2-4-18(15)17/h1-8,16-17H,9-12H2,(H,22,25)(H,23,24,26). The van der Waals surface area contributed by atoms with Crippen LogP contribution in [0.4, 0.5) is 0 Å². The van der Waals surface area contributed by atoms with Crippen LogP contribution < -0.4 is 10.6 Å². The third kappa shape index (κ3) is 3.25. The first-order chi connectivity index (χ1) is 12.6. The van der Waals surface area contributed by atoms with E-state index >= 15 is 0 Å². The predicted molar refractivity (Wildman–Crippen MR) is 96.6 cm³/mol. The number of amides is 3. The Morgan fingerprint density at radius 3 is 2.46 bits per heavy atom. The van der Waals surface area contributed by atoms with Crippen LogP contribution in [0.3, 0.4) is 0 Å². The van der Waals surface area contributed by atoms with Crippen LogP contribution in [-0.2, 0) is 22.4 Å². The van der Waals surface area contributed by atoms with Crippen molar-refractivity contribution in [2.24, 2.45) is 5.92 Å². The zero-order valence-electron chi connectivity index (χ0n) is 14.3. The molecule has 0 radical (unpaired) electrons.